The van der Waals surface area contributed by atoms with Gasteiger partial charge in [-0.1, -0.05) is 18.2 Å². The van der Waals surface area contributed by atoms with E-state index in [1.54, 1.807) is 12.1 Å². The van der Waals surface area contributed by atoms with E-state index in [4.69, 9.17) is 10.1 Å². The number of halogens is 3. The minimum atomic E-state index is -3.82. The summed E-state index contributed by atoms with van der Waals surface area (Å²) < 4.78 is 49.2. The van der Waals surface area contributed by atoms with Crippen molar-refractivity contribution in [3.05, 3.63) is 54.1 Å². The summed E-state index contributed by atoms with van der Waals surface area (Å²) in [7, 11) is -3.82. The Morgan fingerprint density at radius 3 is 2.36 bits per heavy atom. The molecule has 0 spiro atoms. The molecule has 2 N–H and O–H groups in total. The summed E-state index contributed by atoms with van der Waals surface area (Å²) in [5, 5.41) is 8.03. The Morgan fingerprint density at radius 2 is 1.76 bits per heavy atom. The van der Waals surface area contributed by atoms with Crippen molar-refractivity contribution in [2.75, 3.05) is 0 Å². The van der Waals surface area contributed by atoms with Gasteiger partial charge >= 0.3 is 0 Å². The molecular formula is C14H10Br3NO5S2. The van der Waals surface area contributed by atoms with Gasteiger partial charge in [0.15, 0.2) is 11.1 Å². The molecule has 2 rings (SSSR count). The zero-order valence-electron chi connectivity index (χ0n) is 12.1. The van der Waals surface area contributed by atoms with E-state index in [1.165, 1.54) is 36.4 Å². The van der Waals surface area contributed by atoms with E-state index >= 15 is 0 Å². The maximum Gasteiger partial charge on any atom is 0.239 e. The van der Waals surface area contributed by atoms with Gasteiger partial charge in [-0.25, -0.2) is 12.6 Å². The number of para-hydroxylation sites is 1. The van der Waals surface area contributed by atoms with Gasteiger partial charge in [-0.05, 0) is 78.1 Å². The van der Waals surface area contributed by atoms with Crippen molar-refractivity contribution in [1.82, 2.24) is 0 Å². The van der Waals surface area contributed by atoms with Gasteiger partial charge in [0.05, 0.1) is 4.90 Å². The van der Waals surface area contributed by atoms with Crippen LogP contribution in [0.15, 0.2) is 58.3 Å². The number of hydrogen-bond acceptors (Lipinski definition) is 5. The average Bonchev–Trinajstić information content (AvgIpc) is 2.54. The summed E-state index contributed by atoms with van der Waals surface area (Å²) in [4.78, 5) is -0.0422. The minimum Gasteiger partial charge on any atom is -0.438 e. The predicted molar refractivity (Wildman–Crippen MR) is 106 cm³/mol. The Kier molecular flexibility index (Phi) is 6.60. The Morgan fingerprint density at radius 1 is 1.12 bits per heavy atom. The molecule has 0 aliphatic carbocycles. The van der Waals surface area contributed by atoms with Crippen molar-refractivity contribution >= 4 is 74.6 Å². The number of alkyl halides is 3. The maximum atomic E-state index is 12.4. The molecular weight excluding hydrogens is 566 g/mol. The van der Waals surface area contributed by atoms with Crippen molar-refractivity contribution in [2.24, 2.45) is 0 Å². The van der Waals surface area contributed by atoms with Gasteiger partial charge in [0.1, 0.15) is 10.6 Å². The lowest BCUT2D eigenvalue weighted by atomic mass is 10.2. The van der Waals surface area contributed by atoms with E-state index in [-0.39, 0.29) is 27.0 Å². The molecule has 0 amide bonds. The summed E-state index contributed by atoms with van der Waals surface area (Å²) in [6.45, 7) is 0. The van der Waals surface area contributed by atoms with E-state index in [9.17, 15) is 17.2 Å². The largest absolute Gasteiger partial charge is 0.438 e. The van der Waals surface area contributed by atoms with Crippen LogP contribution in [0.1, 0.15) is 5.56 Å². The van der Waals surface area contributed by atoms with E-state index in [0.29, 0.717) is 0 Å². The van der Waals surface area contributed by atoms with Gasteiger partial charge in [0, 0.05) is 5.56 Å². The van der Waals surface area contributed by atoms with Crippen LogP contribution in [-0.4, -0.2) is 24.6 Å². The fourth-order valence-electron chi connectivity index (χ4n) is 1.79. The summed E-state index contributed by atoms with van der Waals surface area (Å²) in [5.41, 5.74) is 0.191. The number of benzene rings is 2. The first-order valence-electron chi connectivity index (χ1n) is 6.42. The molecule has 25 heavy (non-hydrogen) atoms. The van der Waals surface area contributed by atoms with Crippen LogP contribution in [0.5, 0.6) is 5.75 Å². The second-order valence-corrected chi connectivity index (χ2v) is 16.0. The minimum absolute atomic E-state index is 0.0106. The molecule has 0 heterocycles. The standard InChI is InChI=1S/C14H10Br3NO5S2/c15-14(16,17)25(21,22)10-5-3-4-9(8-10)13(18)23-11-6-1-2-7-12(11)24(19)20/h1-8,18H,(H,19,20). The summed E-state index contributed by atoms with van der Waals surface area (Å²) >= 11 is 6.65. The monoisotopic (exact) mass is 573 g/mol. The van der Waals surface area contributed by atoms with Crippen molar-refractivity contribution in [1.29, 1.82) is 5.41 Å². The number of hydrogen-bond donors (Lipinski definition) is 2. The van der Waals surface area contributed by atoms with Gasteiger partial charge in [-0.15, -0.1) is 0 Å². The molecule has 0 saturated carbocycles. The molecule has 2 aromatic rings. The van der Waals surface area contributed by atoms with Gasteiger partial charge in [0.25, 0.3) is 0 Å². The summed E-state index contributed by atoms with van der Waals surface area (Å²) in [6.07, 6.45) is 0. The van der Waals surface area contributed by atoms with Crippen molar-refractivity contribution in [3.63, 3.8) is 0 Å². The molecule has 0 fully saturated rings. The summed E-state index contributed by atoms with van der Waals surface area (Å²) in [6, 6.07) is 11.6. The second-order valence-electron chi connectivity index (χ2n) is 4.60. The first-order chi connectivity index (χ1) is 11.5. The lowest BCUT2D eigenvalue weighted by Gasteiger charge is -2.15. The summed E-state index contributed by atoms with van der Waals surface area (Å²) in [5.74, 6) is -0.323. The van der Waals surface area contributed by atoms with Crippen molar-refractivity contribution in [3.8, 4) is 5.75 Å². The number of rotatable bonds is 4. The Balaban J connectivity index is 2.37. The number of sulfone groups is 1. The Hall–Kier alpha value is -0.590. The van der Waals surface area contributed by atoms with Gasteiger partial charge in [-0.3, -0.25) is 5.41 Å². The normalized spacial score (nSPS) is 13.3. The Labute approximate surface area is 172 Å². The third-order valence-corrected chi connectivity index (χ3v) is 8.99. The molecule has 11 heteroatoms. The molecule has 0 aromatic heterocycles. The zero-order valence-corrected chi connectivity index (χ0v) is 18.5. The molecule has 0 aliphatic heterocycles. The lowest BCUT2D eigenvalue weighted by Crippen LogP contribution is -2.19. The predicted octanol–water partition coefficient (Wildman–Crippen LogP) is 4.24. The van der Waals surface area contributed by atoms with Gasteiger partial charge < -0.3 is 9.29 Å². The van der Waals surface area contributed by atoms with Crippen LogP contribution in [0.3, 0.4) is 0 Å². The van der Waals surface area contributed by atoms with E-state index in [0.717, 1.165) is 0 Å². The molecule has 0 radical (unpaired) electrons. The van der Waals surface area contributed by atoms with E-state index < -0.39 is 22.4 Å². The quantitative estimate of drug-likeness (QED) is 0.246. The van der Waals surface area contributed by atoms with Crippen LogP contribution >= 0.6 is 47.8 Å². The third-order valence-electron chi connectivity index (χ3n) is 2.96. The van der Waals surface area contributed by atoms with Crippen LogP contribution in [0.2, 0.25) is 0 Å². The molecule has 6 nitrogen and oxygen atoms in total. The van der Waals surface area contributed by atoms with Crippen molar-refractivity contribution < 1.29 is 21.9 Å². The lowest BCUT2D eigenvalue weighted by molar-refractivity contribution is 0.520. The highest BCUT2D eigenvalue weighted by atomic mass is 80.0. The SMILES string of the molecule is N=C(Oc1ccccc1S(=O)O)c1cccc(S(=O)(=O)C(Br)(Br)Br)c1. The van der Waals surface area contributed by atoms with Crippen LogP contribution in [0.4, 0.5) is 0 Å². The van der Waals surface area contributed by atoms with E-state index in [2.05, 4.69) is 47.8 Å². The molecule has 1 atom stereocenters. The topological polar surface area (TPSA) is 105 Å². The zero-order chi connectivity index (χ0) is 18.8. The fraction of sp³-hybridized carbons (Fsp3) is 0.0714. The highest BCUT2D eigenvalue weighted by Gasteiger charge is 2.37. The maximum absolute atomic E-state index is 12.4. The van der Waals surface area contributed by atoms with Gasteiger partial charge in [0.2, 0.25) is 17.2 Å². The van der Waals surface area contributed by atoms with Crippen LogP contribution < -0.4 is 4.74 Å². The Bertz CT molecular complexity index is 941. The average molecular weight is 576 g/mol. The first kappa shape index (κ1) is 20.7. The number of nitrogens with one attached hydrogen (secondary N) is 1. The molecule has 0 bridgehead atoms. The molecule has 2 aromatic carbocycles. The van der Waals surface area contributed by atoms with E-state index in [1.807, 2.05) is 0 Å². The third kappa shape index (κ3) is 4.77. The highest BCUT2D eigenvalue weighted by Crippen LogP contribution is 2.43. The molecule has 0 aliphatic rings. The molecule has 0 saturated heterocycles. The fourth-order valence-corrected chi connectivity index (χ4v) is 4.75. The van der Waals surface area contributed by atoms with Crippen molar-refractivity contribution in [2.45, 2.75) is 11.3 Å². The van der Waals surface area contributed by atoms with Gasteiger partial charge in [-0.2, -0.15) is 0 Å². The van der Waals surface area contributed by atoms with Crippen LogP contribution in [0.25, 0.3) is 0 Å². The highest BCUT2D eigenvalue weighted by molar-refractivity contribution is 9.42. The smallest absolute Gasteiger partial charge is 0.239 e. The first-order valence-corrected chi connectivity index (χ1v) is 11.4. The van der Waals surface area contributed by atoms with Crippen LogP contribution in [-0.2, 0) is 20.9 Å². The number of ether oxygens (including phenoxy) is 1. The second kappa shape index (κ2) is 7.97. The molecule has 1 unspecified atom stereocenters. The molecule has 134 valence electrons. The van der Waals surface area contributed by atoms with Crippen LogP contribution in [0, 0.1) is 5.41 Å².